The van der Waals surface area contributed by atoms with E-state index in [-0.39, 0.29) is 28.6 Å². The van der Waals surface area contributed by atoms with Crippen LogP contribution in [0.25, 0.3) is 0 Å². The third-order valence-corrected chi connectivity index (χ3v) is 2.88. The van der Waals surface area contributed by atoms with Gasteiger partial charge in [-0.25, -0.2) is 0 Å². The predicted molar refractivity (Wildman–Crippen MR) is 67.7 cm³/mol. The molecule has 0 aliphatic heterocycles. The van der Waals surface area contributed by atoms with Crippen molar-refractivity contribution in [3.63, 3.8) is 0 Å². The molecule has 0 heterocycles. The molecule has 9 heteroatoms. The van der Waals surface area contributed by atoms with Crippen LogP contribution in [-0.2, 0) is 4.79 Å². The van der Waals surface area contributed by atoms with Gasteiger partial charge in [-0.2, -0.15) is 0 Å². The molecule has 7 nitrogen and oxygen atoms in total. The fraction of sp³-hybridized carbons (Fsp3) is 0.200. The van der Waals surface area contributed by atoms with Crippen molar-refractivity contribution in [1.82, 2.24) is 5.32 Å². The predicted octanol–water partition coefficient (Wildman–Crippen LogP) is 2.11. The number of carbonyl (C=O) groups excluding carboxylic acids is 1. The zero-order valence-corrected chi connectivity index (χ0v) is 10.9. The topological polar surface area (TPSA) is 110 Å². The lowest BCUT2D eigenvalue weighted by atomic mass is 10.2. The molecule has 0 atom stereocenters. The average molecular weight is 307 g/mol. The van der Waals surface area contributed by atoms with Gasteiger partial charge in [0.2, 0.25) is 0 Å². The van der Waals surface area contributed by atoms with Gasteiger partial charge in [-0.15, -0.1) is 0 Å². The number of nitro benzene ring substituents is 1. The summed E-state index contributed by atoms with van der Waals surface area (Å²) >= 11 is 11.3. The van der Waals surface area contributed by atoms with Gasteiger partial charge in [0.15, 0.2) is 0 Å². The Morgan fingerprint density at radius 3 is 2.53 bits per heavy atom. The fourth-order valence-electron chi connectivity index (χ4n) is 1.22. The normalized spacial score (nSPS) is 10.0. The van der Waals surface area contributed by atoms with Gasteiger partial charge in [0.25, 0.3) is 11.6 Å². The van der Waals surface area contributed by atoms with E-state index in [1.54, 1.807) is 0 Å². The summed E-state index contributed by atoms with van der Waals surface area (Å²) in [6.45, 7) is -0.0950. The number of nitro groups is 1. The molecule has 0 bridgehead atoms. The number of carboxylic acid groups (broad SMARTS) is 1. The number of amides is 1. The first-order valence-electron chi connectivity index (χ1n) is 4.96. The summed E-state index contributed by atoms with van der Waals surface area (Å²) in [6, 6.07) is 2.15. The van der Waals surface area contributed by atoms with E-state index in [1.165, 1.54) is 6.07 Å². The van der Waals surface area contributed by atoms with Crippen molar-refractivity contribution < 1.29 is 19.6 Å². The first-order valence-corrected chi connectivity index (χ1v) is 5.72. The molecule has 1 aromatic carbocycles. The summed E-state index contributed by atoms with van der Waals surface area (Å²) in [5, 5.41) is 21.0. The average Bonchev–Trinajstić information content (AvgIpc) is 2.31. The number of hydrogen-bond acceptors (Lipinski definition) is 4. The summed E-state index contributed by atoms with van der Waals surface area (Å²) < 4.78 is 0. The second-order valence-corrected chi connectivity index (χ2v) is 4.23. The monoisotopic (exact) mass is 306 g/mol. The maximum absolute atomic E-state index is 11.6. The molecule has 19 heavy (non-hydrogen) atoms. The van der Waals surface area contributed by atoms with Crippen molar-refractivity contribution in [3.05, 3.63) is 37.9 Å². The molecule has 2 N–H and O–H groups in total. The minimum Gasteiger partial charge on any atom is -0.481 e. The standard InChI is InChI=1S/C10H8Cl2N2O5/c11-6-3-5(4-7(9(6)12)14(18)19)10(17)13-2-1-8(15)16/h3-4H,1-2H2,(H,13,17)(H,15,16). The van der Waals surface area contributed by atoms with Gasteiger partial charge in [0.05, 0.1) is 16.4 Å². The molecule has 0 aliphatic carbocycles. The van der Waals surface area contributed by atoms with Crippen LogP contribution < -0.4 is 5.32 Å². The Morgan fingerprint density at radius 1 is 1.37 bits per heavy atom. The molecule has 102 valence electrons. The van der Waals surface area contributed by atoms with E-state index in [0.29, 0.717) is 0 Å². The van der Waals surface area contributed by atoms with Gasteiger partial charge in [-0.3, -0.25) is 19.7 Å². The van der Waals surface area contributed by atoms with E-state index in [1.807, 2.05) is 0 Å². The highest BCUT2D eigenvalue weighted by atomic mass is 35.5. The third-order valence-electron chi connectivity index (χ3n) is 2.09. The minimum absolute atomic E-state index is 0.0634. The molecule has 0 saturated carbocycles. The first-order chi connectivity index (χ1) is 8.82. The Bertz CT molecular complexity index is 547. The molecule has 0 spiro atoms. The first kappa shape index (κ1) is 15.2. The lowest BCUT2D eigenvalue weighted by molar-refractivity contribution is -0.384. The van der Waals surface area contributed by atoms with Crippen molar-refractivity contribution in [2.75, 3.05) is 6.54 Å². The number of halogens is 2. The van der Waals surface area contributed by atoms with Crippen LogP contribution in [0.3, 0.4) is 0 Å². The second-order valence-electron chi connectivity index (χ2n) is 3.45. The molecule has 1 amide bonds. The van der Waals surface area contributed by atoms with Gasteiger partial charge in [0, 0.05) is 18.2 Å². The molecule has 0 saturated heterocycles. The number of benzene rings is 1. The van der Waals surface area contributed by atoms with Crippen LogP contribution in [0.5, 0.6) is 0 Å². The zero-order valence-electron chi connectivity index (χ0n) is 9.35. The zero-order chi connectivity index (χ0) is 14.6. The molecule has 0 aromatic heterocycles. The van der Waals surface area contributed by atoms with Gasteiger partial charge < -0.3 is 10.4 Å². The molecule has 0 aliphatic rings. The minimum atomic E-state index is -1.07. The lowest BCUT2D eigenvalue weighted by Crippen LogP contribution is -2.26. The van der Waals surface area contributed by atoms with E-state index in [9.17, 15) is 19.7 Å². The van der Waals surface area contributed by atoms with Crippen molar-refractivity contribution in [1.29, 1.82) is 0 Å². The highest BCUT2D eigenvalue weighted by Crippen LogP contribution is 2.32. The van der Waals surface area contributed by atoms with Gasteiger partial charge >= 0.3 is 5.97 Å². The van der Waals surface area contributed by atoms with Crippen LogP contribution in [0.2, 0.25) is 10.0 Å². The van der Waals surface area contributed by atoms with Gasteiger partial charge in [-0.1, -0.05) is 23.2 Å². The molecular formula is C10H8Cl2N2O5. The van der Waals surface area contributed by atoms with E-state index in [2.05, 4.69) is 5.32 Å². The Hall–Kier alpha value is -1.86. The van der Waals surface area contributed by atoms with Crippen LogP contribution in [0.4, 0.5) is 5.69 Å². The molecule has 0 radical (unpaired) electrons. The van der Waals surface area contributed by atoms with Crippen LogP contribution in [0.15, 0.2) is 12.1 Å². The van der Waals surface area contributed by atoms with Gasteiger partial charge in [-0.05, 0) is 6.07 Å². The number of aliphatic carboxylic acids is 1. The van der Waals surface area contributed by atoms with Crippen molar-refractivity contribution in [2.24, 2.45) is 0 Å². The summed E-state index contributed by atoms with van der Waals surface area (Å²) in [6.07, 6.45) is -0.255. The van der Waals surface area contributed by atoms with E-state index in [0.717, 1.165) is 6.07 Å². The number of rotatable bonds is 5. The largest absolute Gasteiger partial charge is 0.481 e. The Kier molecular flexibility index (Phi) is 5.08. The summed E-state index contributed by atoms with van der Waals surface area (Å²) in [5.41, 5.74) is -0.552. The Balaban J connectivity index is 2.92. The summed E-state index contributed by atoms with van der Waals surface area (Å²) in [4.78, 5) is 31.9. The van der Waals surface area contributed by atoms with Crippen LogP contribution in [0, 0.1) is 10.1 Å². The van der Waals surface area contributed by atoms with Crippen molar-refractivity contribution in [2.45, 2.75) is 6.42 Å². The van der Waals surface area contributed by atoms with E-state index >= 15 is 0 Å². The third kappa shape index (κ3) is 4.08. The summed E-state index contributed by atoms with van der Waals surface area (Å²) in [7, 11) is 0. The van der Waals surface area contributed by atoms with Crippen LogP contribution in [0.1, 0.15) is 16.8 Å². The quantitative estimate of drug-likeness (QED) is 0.639. The van der Waals surface area contributed by atoms with Crippen LogP contribution >= 0.6 is 23.2 Å². The number of carbonyl (C=O) groups is 2. The molecular weight excluding hydrogens is 299 g/mol. The lowest BCUT2D eigenvalue weighted by Gasteiger charge is -2.05. The second kappa shape index (κ2) is 6.35. The van der Waals surface area contributed by atoms with Gasteiger partial charge in [0.1, 0.15) is 5.02 Å². The number of nitrogens with zero attached hydrogens (tertiary/aromatic N) is 1. The molecule has 0 unspecified atom stereocenters. The molecule has 0 fully saturated rings. The highest BCUT2D eigenvalue weighted by molar-refractivity contribution is 6.43. The number of hydrogen-bond donors (Lipinski definition) is 2. The maximum Gasteiger partial charge on any atom is 0.305 e. The van der Waals surface area contributed by atoms with Crippen LogP contribution in [-0.4, -0.2) is 28.5 Å². The fourth-order valence-corrected chi connectivity index (χ4v) is 1.62. The number of nitrogens with one attached hydrogen (secondary N) is 1. The molecule has 1 rings (SSSR count). The van der Waals surface area contributed by atoms with Crippen molar-refractivity contribution in [3.8, 4) is 0 Å². The maximum atomic E-state index is 11.6. The Labute approximate surface area is 117 Å². The SMILES string of the molecule is O=C(O)CCNC(=O)c1cc(Cl)c(Cl)c([N+](=O)[O-])c1. The smallest absolute Gasteiger partial charge is 0.305 e. The highest BCUT2D eigenvalue weighted by Gasteiger charge is 2.20. The van der Waals surface area contributed by atoms with Crippen molar-refractivity contribution >= 4 is 40.8 Å². The van der Waals surface area contributed by atoms with E-state index in [4.69, 9.17) is 28.3 Å². The Morgan fingerprint density at radius 2 is 2.00 bits per heavy atom. The number of carboxylic acids is 1. The summed E-state index contributed by atoms with van der Waals surface area (Å²) in [5.74, 6) is -1.73. The van der Waals surface area contributed by atoms with E-state index < -0.39 is 22.5 Å². The molecule has 1 aromatic rings.